The summed E-state index contributed by atoms with van der Waals surface area (Å²) >= 11 is 0. The summed E-state index contributed by atoms with van der Waals surface area (Å²) in [7, 11) is 0. The molecule has 0 aromatic carbocycles. The summed E-state index contributed by atoms with van der Waals surface area (Å²) in [5.74, 6) is -0.342. The third-order valence-corrected chi connectivity index (χ3v) is 2.57. The Hall–Kier alpha value is -0.410. The standard InChI is InChI=1S/C9H14O3/c1-3-7-8-4-6(10)5-9(2,11-7)12-8/h7-8H,3-5H2,1-2H3. The van der Waals surface area contributed by atoms with Gasteiger partial charge in [-0.1, -0.05) is 6.92 Å². The maximum absolute atomic E-state index is 11.2. The molecule has 3 nitrogen and oxygen atoms in total. The van der Waals surface area contributed by atoms with E-state index in [1.54, 1.807) is 0 Å². The molecule has 0 radical (unpaired) electrons. The van der Waals surface area contributed by atoms with Gasteiger partial charge in [-0.25, -0.2) is 0 Å². The first kappa shape index (κ1) is 8.20. The number of hydrogen-bond acceptors (Lipinski definition) is 3. The topological polar surface area (TPSA) is 35.5 Å². The molecule has 2 heterocycles. The number of carbonyl (C=O) groups is 1. The van der Waals surface area contributed by atoms with Gasteiger partial charge in [0, 0.05) is 6.42 Å². The average Bonchev–Trinajstić information content (AvgIpc) is 2.20. The van der Waals surface area contributed by atoms with Crippen LogP contribution in [-0.4, -0.2) is 23.8 Å². The molecular formula is C9H14O3. The lowest BCUT2D eigenvalue weighted by Crippen LogP contribution is -2.35. The molecule has 0 saturated carbocycles. The Morgan fingerprint density at radius 2 is 2.33 bits per heavy atom. The van der Waals surface area contributed by atoms with Crippen molar-refractivity contribution < 1.29 is 14.3 Å². The highest BCUT2D eigenvalue weighted by molar-refractivity contribution is 5.80. The van der Waals surface area contributed by atoms with E-state index in [1.165, 1.54) is 0 Å². The van der Waals surface area contributed by atoms with Crippen LogP contribution in [0.25, 0.3) is 0 Å². The Bertz CT molecular complexity index is 214. The van der Waals surface area contributed by atoms with Crippen molar-refractivity contribution in [3.8, 4) is 0 Å². The summed E-state index contributed by atoms with van der Waals surface area (Å²) in [6, 6.07) is 0. The van der Waals surface area contributed by atoms with Gasteiger partial charge < -0.3 is 9.47 Å². The molecule has 0 N–H and O–H groups in total. The number of ether oxygens (including phenoxy) is 2. The molecule has 0 spiro atoms. The van der Waals surface area contributed by atoms with Gasteiger partial charge >= 0.3 is 0 Å². The SMILES string of the molecule is CCC1OC2(C)CC(=O)CC1O2. The van der Waals surface area contributed by atoms with Crippen LogP contribution in [0.2, 0.25) is 0 Å². The number of ketones is 1. The lowest BCUT2D eigenvalue weighted by Gasteiger charge is -2.26. The fraction of sp³-hybridized carbons (Fsp3) is 0.889. The van der Waals surface area contributed by atoms with E-state index in [0.29, 0.717) is 12.8 Å². The molecule has 3 heteroatoms. The minimum absolute atomic E-state index is 0.0150. The molecule has 0 aliphatic carbocycles. The van der Waals surface area contributed by atoms with E-state index in [-0.39, 0.29) is 18.0 Å². The molecule has 2 fully saturated rings. The molecule has 12 heavy (non-hydrogen) atoms. The van der Waals surface area contributed by atoms with Gasteiger partial charge in [0.25, 0.3) is 0 Å². The molecule has 2 saturated heterocycles. The first-order valence-electron chi connectivity index (χ1n) is 4.50. The molecule has 2 aliphatic rings. The van der Waals surface area contributed by atoms with Gasteiger partial charge in [0.2, 0.25) is 0 Å². The first-order valence-corrected chi connectivity index (χ1v) is 4.50. The normalized spacial score (nSPS) is 46.7. The minimum atomic E-state index is -0.610. The van der Waals surface area contributed by atoms with Crippen LogP contribution in [0.3, 0.4) is 0 Å². The molecule has 68 valence electrons. The van der Waals surface area contributed by atoms with Crippen molar-refractivity contribution in [2.75, 3.05) is 0 Å². The van der Waals surface area contributed by atoms with Crippen molar-refractivity contribution >= 4 is 5.78 Å². The van der Waals surface area contributed by atoms with Gasteiger partial charge in [-0.2, -0.15) is 0 Å². The second-order valence-corrected chi connectivity index (χ2v) is 3.77. The Morgan fingerprint density at radius 3 is 3.00 bits per heavy atom. The average molecular weight is 170 g/mol. The van der Waals surface area contributed by atoms with Crippen LogP contribution in [0.5, 0.6) is 0 Å². The Kier molecular flexibility index (Phi) is 1.73. The lowest BCUT2D eigenvalue weighted by molar-refractivity contribution is -0.183. The summed E-state index contributed by atoms with van der Waals surface area (Å²) in [6.45, 7) is 3.91. The Balaban J connectivity index is 2.18. The van der Waals surface area contributed by atoms with Gasteiger partial charge in [-0.15, -0.1) is 0 Å². The summed E-state index contributed by atoms with van der Waals surface area (Å²) in [5.41, 5.74) is 0. The zero-order valence-electron chi connectivity index (χ0n) is 7.50. The molecule has 0 aromatic rings. The van der Waals surface area contributed by atoms with E-state index in [9.17, 15) is 4.79 Å². The highest BCUT2D eigenvalue weighted by Gasteiger charge is 2.49. The third kappa shape index (κ3) is 1.17. The predicted molar refractivity (Wildman–Crippen MR) is 42.7 cm³/mol. The number of hydrogen-bond donors (Lipinski definition) is 0. The third-order valence-electron chi connectivity index (χ3n) is 2.57. The van der Waals surface area contributed by atoms with Gasteiger partial charge in [-0.3, -0.25) is 4.79 Å². The molecule has 3 atom stereocenters. The van der Waals surface area contributed by atoms with Crippen molar-refractivity contribution in [3.05, 3.63) is 0 Å². The summed E-state index contributed by atoms with van der Waals surface area (Å²) in [6.07, 6.45) is 2.02. The highest BCUT2D eigenvalue weighted by Crippen LogP contribution is 2.38. The van der Waals surface area contributed by atoms with E-state index in [2.05, 4.69) is 6.92 Å². The van der Waals surface area contributed by atoms with Crippen LogP contribution in [0.4, 0.5) is 0 Å². The molecule has 0 aromatic heterocycles. The van der Waals surface area contributed by atoms with Gasteiger partial charge in [-0.05, 0) is 13.3 Å². The smallest absolute Gasteiger partial charge is 0.173 e. The second kappa shape index (κ2) is 2.54. The molecule has 0 amide bonds. The van der Waals surface area contributed by atoms with Crippen LogP contribution < -0.4 is 0 Å². The summed E-state index contributed by atoms with van der Waals surface area (Å²) < 4.78 is 11.3. The summed E-state index contributed by atoms with van der Waals surface area (Å²) in [5, 5.41) is 0. The van der Waals surface area contributed by atoms with Crippen LogP contribution in [-0.2, 0) is 14.3 Å². The molecular weight excluding hydrogens is 156 g/mol. The van der Waals surface area contributed by atoms with Gasteiger partial charge in [0.15, 0.2) is 5.79 Å². The summed E-state index contributed by atoms with van der Waals surface area (Å²) in [4.78, 5) is 11.2. The zero-order chi connectivity index (χ0) is 8.77. The molecule has 2 rings (SSSR count). The fourth-order valence-electron chi connectivity index (χ4n) is 2.08. The van der Waals surface area contributed by atoms with E-state index < -0.39 is 5.79 Å². The molecule has 2 aliphatic heterocycles. The van der Waals surface area contributed by atoms with E-state index in [4.69, 9.17) is 9.47 Å². The lowest BCUT2D eigenvalue weighted by atomic mass is 10.0. The number of rotatable bonds is 1. The number of carbonyl (C=O) groups excluding carboxylic acids is 1. The van der Waals surface area contributed by atoms with E-state index in [1.807, 2.05) is 6.92 Å². The number of Topliss-reactive ketones (excluding diaryl/α,β-unsaturated/α-hetero) is 1. The highest BCUT2D eigenvalue weighted by atomic mass is 16.8. The first-order chi connectivity index (χ1) is 5.63. The number of fused-ring (bicyclic) bond motifs is 2. The van der Waals surface area contributed by atoms with E-state index in [0.717, 1.165) is 6.42 Å². The zero-order valence-corrected chi connectivity index (χ0v) is 7.50. The second-order valence-electron chi connectivity index (χ2n) is 3.77. The fourth-order valence-corrected chi connectivity index (χ4v) is 2.08. The monoisotopic (exact) mass is 170 g/mol. The Morgan fingerprint density at radius 1 is 1.58 bits per heavy atom. The van der Waals surface area contributed by atoms with Gasteiger partial charge in [0.1, 0.15) is 5.78 Å². The Labute approximate surface area is 72.0 Å². The van der Waals surface area contributed by atoms with Crippen LogP contribution >= 0.6 is 0 Å². The van der Waals surface area contributed by atoms with Gasteiger partial charge in [0.05, 0.1) is 18.6 Å². The van der Waals surface area contributed by atoms with Crippen molar-refractivity contribution in [3.63, 3.8) is 0 Å². The van der Waals surface area contributed by atoms with Crippen molar-refractivity contribution in [1.29, 1.82) is 0 Å². The maximum atomic E-state index is 11.2. The largest absolute Gasteiger partial charge is 0.344 e. The minimum Gasteiger partial charge on any atom is -0.344 e. The van der Waals surface area contributed by atoms with E-state index >= 15 is 0 Å². The van der Waals surface area contributed by atoms with Crippen LogP contribution in [0.15, 0.2) is 0 Å². The molecule has 2 bridgehead atoms. The molecule has 3 unspecified atom stereocenters. The predicted octanol–water partition coefficient (Wildman–Crippen LogP) is 1.26. The van der Waals surface area contributed by atoms with Crippen LogP contribution in [0.1, 0.15) is 33.1 Å². The van der Waals surface area contributed by atoms with Crippen LogP contribution in [0, 0.1) is 0 Å². The maximum Gasteiger partial charge on any atom is 0.173 e. The van der Waals surface area contributed by atoms with Crippen molar-refractivity contribution in [2.24, 2.45) is 0 Å². The quantitative estimate of drug-likeness (QED) is 0.594. The van der Waals surface area contributed by atoms with Crippen molar-refractivity contribution in [1.82, 2.24) is 0 Å². The van der Waals surface area contributed by atoms with Crippen molar-refractivity contribution in [2.45, 2.75) is 51.1 Å².